The van der Waals surface area contributed by atoms with Crippen molar-refractivity contribution in [1.82, 2.24) is 19.9 Å². The minimum Gasteiger partial charge on any atom is -0.345 e. The predicted molar refractivity (Wildman–Crippen MR) is 66.3 cm³/mol. The summed E-state index contributed by atoms with van der Waals surface area (Å²) in [5.41, 5.74) is 1.38. The summed E-state index contributed by atoms with van der Waals surface area (Å²) in [6.07, 6.45) is 4.94. The number of aromatic nitrogens is 3. The summed E-state index contributed by atoms with van der Waals surface area (Å²) in [5.74, 6) is -0.128. The number of carbonyl (C=O) groups excluding carboxylic acids is 1. The molecule has 1 amide bonds. The first kappa shape index (κ1) is 11.8. The highest BCUT2D eigenvalue weighted by atomic mass is 79.9. The molecule has 0 aliphatic carbocycles. The molecule has 17 heavy (non-hydrogen) atoms. The number of aryl methyl sites for hydroxylation is 1. The van der Waals surface area contributed by atoms with Crippen molar-refractivity contribution in [2.75, 3.05) is 0 Å². The van der Waals surface area contributed by atoms with Gasteiger partial charge in [-0.1, -0.05) is 0 Å². The molecule has 6 heteroatoms. The number of nitrogens with one attached hydrogen (secondary N) is 1. The summed E-state index contributed by atoms with van der Waals surface area (Å²) in [6, 6.07) is 3.54. The van der Waals surface area contributed by atoms with E-state index in [0.717, 1.165) is 10.2 Å². The van der Waals surface area contributed by atoms with Crippen LogP contribution in [0.1, 0.15) is 16.2 Å². The molecule has 0 radical (unpaired) electrons. The van der Waals surface area contributed by atoms with Crippen molar-refractivity contribution >= 4 is 21.8 Å². The highest BCUT2D eigenvalue weighted by Gasteiger charge is 2.10. The minimum atomic E-state index is -0.128. The van der Waals surface area contributed by atoms with Gasteiger partial charge in [-0.3, -0.25) is 4.79 Å². The van der Waals surface area contributed by atoms with Crippen molar-refractivity contribution in [3.05, 3.63) is 46.7 Å². The molecule has 2 rings (SSSR count). The fraction of sp³-hybridized carbons (Fsp3) is 0.182. The maximum absolute atomic E-state index is 11.9. The maximum Gasteiger partial charge on any atom is 0.268 e. The number of amides is 1. The van der Waals surface area contributed by atoms with Crippen molar-refractivity contribution in [2.24, 2.45) is 7.05 Å². The summed E-state index contributed by atoms with van der Waals surface area (Å²) in [6.45, 7) is 0.393. The quantitative estimate of drug-likeness (QED) is 0.933. The molecular weight excluding hydrogens is 284 g/mol. The molecule has 0 bridgehead atoms. The van der Waals surface area contributed by atoms with E-state index in [-0.39, 0.29) is 5.91 Å². The summed E-state index contributed by atoms with van der Waals surface area (Å²) in [5, 5.41) is 2.80. The number of carbonyl (C=O) groups is 1. The zero-order chi connectivity index (χ0) is 12.3. The molecule has 2 heterocycles. The van der Waals surface area contributed by atoms with E-state index in [0.29, 0.717) is 12.2 Å². The smallest absolute Gasteiger partial charge is 0.268 e. The Balaban J connectivity index is 2.01. The molecule has 1 N–H and O–H groups in total. The molecule has 0 saturated carbocycles. The van der Waals surface area contributed by atoms with Crippen LogP contribution in [0.4, 0.5) is 0 Å². The van der Waals surface area contributed by atoms with Gasteiger partial charge in [0.2, 0.25) is 0 Å². The third-order valence-electron chi connectivity index (χ3n) is 2.28. The zero-order valence-electron chi connectivity index (χ0n) is 9.22. The third kappa shape index (κ3) is 2.91. The van der Waals surface area contributed by atoms with E-state index in [9.17, 15) is 4.79 Å². The first-order valence-corrected chi connectivity index (χ1v) is 5.81. The second-order valence-corrected chi connectivity index (χ2v) is 4.45. The monoisotopic (exact) mass is 294 g/mol. The van der Waals surface area contributed by atoms with Gasteiger partial charge in [-0.25, -0.2) is 9.97 Å². The molecule has 2 aromatic heterocycles. The topological polar surface area (TPSA) is 59.8 Å². The van der Waals surface area contributed by atoms with Crippen molar-refractivity contribution < 1.29 is 4.79 Å². The summed E-state index contributed by atoms with van der Waals surface area (Å²) in [7, 11) is 1.82. The lowest BCUT2D eigenvalue weighted by Gasteiger charge is -2.05. The number of hydrogen-bond donors (Lipinski definition) is 1. The number of hydrogen-bond acceptors (Lipinski definition) is 3. The minimum absolute atomic E-state index is 0.128. The van der Waals surface area contributed by atoms with Crippen molar-refractivity contribution in [2.45, 2.75) is 6.54 Å². The van der Waals surface area contributed by atoms with Crippen LogP contribution in [0.5, 0.6) is 0 Å². The van der Waals surface area contributed by atoms with Crippen LogP contribution in [0, 0.1) is 0 Å². The van der Waals surface area contributed by atoms with Gasteiger partial charge in [0.1, 0.15) is 12.0 Å². The van der Waals surface area contributed by atoms with E-state index in [4.69, 9.17) is 0 Å². The van der Waals surface area contributed by atoms with E-state index in [2.05, 4.69) is 31.2 Å². The molecule has 0 aliphatic rings. The lowest BCUT2D eigenvalue weighted by Crippen LogP contribution is -2.25. The first-order valence-electron chi connectivity index (χ1n) is 5.02. The molecular formula is C11H11BrN4O. The van der Waals surface area contributed by atoms with Gasteiger partial charge >= 0.3 is 0 Å². The van der Waals surface area contributed by atoms with Crippen LogP contribution in [0.2, 0.25) is 0 Å². The highest BCUT2D eigenvalue weighted by molar-refractivity contribution is 9.10. The van der Waals surface area contributed by atoms with Crippen LogP contribution in [0.15, 0.2) is 35.3 Å². The van der Waals surface area contributed by atoms with Crippen LogP contribution < -0.4 is 5.32 Å². The molecule has 0 atom stereocenters. The van der Waals surface area contributed by atoms with Gasteiger partial charge in [-0.05, 0) is 28.1 Å². The van der Waals surface area contributed by atoms with E-state index < -0.39 is 0 Å². The Morgan fingerprint density at radius 2 is 2.41 bits per heavy atom. The summed E-state index contributed by atoms with van der Waals surface area (Å²) < 4.78 is 2.64. The zero-order valence-corrected chi connectivity index (χ0v) is 10.8. The molecule has 0 aromatic carbocycles. The van der Waals surface area contributed by atoms with Crippen LogP contribution in [0.25, 0.3) is 0 Å². The van der Waals surface area contributed by atoms with Gasteiger partial charge in [0, 0.05) is 23.9 Å². The maximum atomic E-state index is 11.9. The summed E-state index contributed by atoms with van der Waals surface area (Å²) >= 11 is 3.33. The van der Waals surface area contributed by atoms with Gasteiger partial charge < -0.3 is 9.88 Å². The van der Waals surface area contributed by atoms with Gasteiger partial charge in [0.25, 0.3) is 5.91 Å². The molecule has 0 fully saturated rings. The third-order valence-corrected chi connectivity index (χ3v) is 2.71. The molecule has 0 unspecified atom stereocenters. The van der Waals surface area contributed by atoms with Crippen molar-refractivity contribution in [1.29, 1.82) is 0 Å². The van der Waals surface area contributed by atoms with Crippen LogP contribution in [0.3, 0.4) is 0 Å². The van der Waals surface area contributed by atoms with Gasteiger partial charge in [-0.2, -0.15) is 0 Å². The second-order valence-electron chi connectivity index (χ2n) is 3.54. The molecule has 0 saturated heterocycles. The number of nitrogens with zero attached hydrogens (tertiary/aromatic N) is 3. The lowest BCUT2D eigenvalue weighted by molar-refractivity contribution is 0.0942. The Bertz CT molecular complexity index is 524. The molecule has 2 aromatic rings. The van der Waals surface area contributed by atoms with Crippen molar-refractivity contribution in [3.63, 3.8) is 0 Å². The van der Waals surface area contributed by atoms with Crippen LogP contribution in [-0.4, -0.2) is 20.4 Å². The first-order chi connectivity index (χ1) is 8.16. The van der Waals surface area contributed by atoms with Crippen molar-refractivity contribution in [3.8, 4) is 0 Å². The van der Waals surface area contributed by atoms with Gasteiger partial charge in [-0.15, -0.1) is 0 Å². The van der Waals surface area contributed by atoms with E-state index in [1.807, 2.05) is 13.2 Å². The molecule has 88 valence electrons. The Labute approximate surface area is 107 Å². The average molecular weight is 295 g/mol. The number of halogens is 1. The normalized spacial score (nSPS) is 10.2. The lowest BCUT2D eigenvalue weighted by atomic mass is 10.3. The van der Waals surface area contributed by atoms with Crippen LogP contribution in [-0.2, 0) is 13.6 Å². The Hall–Kier alpha value is -1.69. The van der Waals surface area contributed by atoms with E-state index in [1.165, 1.54) is 6.33 Å². The molecule has 0 aliphatic heterocycles. The van der Waals surface area contributed by atoms with E-state index in [1.54, 1.807) is 22.9 Å². The van der Waals surface area contributed by atoms with E-state index >= 15 is 0 Å². The molecule has 0 spiro atoms. The number of rotatable bonds is 3. The second kappa shape index (κ2) is 5.09. The fourth-order valence-electron chi connectivity index (χ4n) is 1.43. The predicted octanol–water partition coefficient (Wildman–Crippen LogP) is 1.51. The Morgan fingerprint density at radius 3 is 3.00 bits per heavy atom. The largest absolute Gasteiger partial charge is 0.345 e. The highest BCUT2D eigenvalue weighted by Crippen LogP contribution is 2.13. The fourth-order valence-corrected chi connectivity index (χ4v) is 1.96. The Kier molecular flexibility index (Phi) is 3.53. The Morgan fingerprint density at radius 1 is 1.59 bits per heavy atom. The molecule has 5 nitrogen and oxygen atoms in total. The van der Waals surface area contributed by atoms with Crippen LogP contribution >= 0.6 is 15.9 Å². The van der Waals surface area contributed by atoms with Gasteiger partial charge in [0.05, 0.1) is 12.2 Å². The average Bonchev–Trinajstić information content (AvgIpc) is 2.67. The van der Waals surface area contributed by atoms with Gasteiger partial charge in [0.15, 0.2) is 0 Å². The summed E-state index contributed by atoms with van der Waals surface area (Å²) in [4.78, 5) is 19.7. The standard InChI is InChI=1S/C11H11BrN4O/c1-16-6-8(12)4-10(16)11(17)14-5-9-2-3-13-7-15-9/h2-4,6-7H,5H2,1H3,(H,14,17). The SMILES string of the molecule is Cn1cc(Br)cc1C(=O)NCc1ccncn1.